The number of hydrogen-bond acceptors (Lipinski definition) is 3. The smallest absolute Gasteiger partial charge is 0.275 e. The van der Waals surface area contributed by atoms with Crippen molar-refractivity contribution in [2.24, 2.45) is 0 Å². The minimum atomic E-state index is -1.12. The topological polar surface area (TPSA) is 55.2 Å². The van der Waals surface area contributed by atoms with E-state index in [-0.39, 0.29) is 22.8 Å². The van der Waals surface area contributed by atoms with Gasteiger partial charge in [-0.05, 0) is 12.1 Å². The molecule has 0 aromatic heterocycles. The molecule has 0 bridgehead atoms. The quantitative estimate of drug-likeness (QED) is 0.676. The van der Waals surface area contributed by atoms with E-state index >= 15 is 0 Å². The second-order valence-electron chi connectivity index (χ2n) is 4.13. The van der Waals surface area contributed by atoms with Crippen LogP contribution in [0.15, 0.2) is 30.3 Å². The number of anilines is 1. The fourth-order valence-electron chi connectivity index (χ4n) is 1.75. The van der Waals surface area contributed by atoms with Gasteiger partial charge in [-0.2, -0.15) is 0 Å². The number of nitrogens with zero attached hydrogens (tertiary/aromatic N) is 1. The Morgan fingerprint density at radius 3 is 2.33 bits per heavy atom. The maximum absolute atomic E-state index is 13.4. The molecule has 0 saturated carbocycles. The van der Waals surface area contributed by atoms with Crippen LogP contribution < -0.4 is 5.32 Å². The number of rotatable bonds is 4. The monoisotopic (exact) mass is 316 g/mol. The third kappa shape index (κ3) is 3.43. The Morgan fingerprint density at radius 1 is 1.14 bits per heavy atom. The summed E-state index contributed by atoms with van der Waals surface area (Å²) in [5, 5.41) is 13.4. The second-order valence-corrected chi connectivity index (χ2v) is 4.56. The van der Waals surface area contributed by atoms with Crippen LogP contribution in [0.1, 0.15) is 5.56 Å². The maximum atomic E-state index is 13.4. The van der Waals surface area contributed by atoms with E-state index in [9.17, 15) is 23.3 Å². The van der Waals surface area contributed by atoms with Crippen LogP contribution >= 0.6 is 11.6 Å². The minimum Gasteiger partial charge on any atom is -0.376 e. The molecule has 0 heterocycles. The van der Waals surface area contributed by atoms with Gasteiger partial charge < -0.3 is 5.32 Å². The van der Waals surface area contributed by atoms with Crippen LogP contribution in [0.3, 0.4) is 0 Å². The molecule has 0 amide bonds. The van der Waals surface area contributed by atoms with Crippen LogP contribution in [-0.4, -0.2) is 4.92 Å². The van der Waals surface area contributed by atoms with Gasteiger partial charge >= 0.3 is 0 Å². The lowest BCUT2D eigenvalue weighted by atomic mass is 10.1. The van der Waals surface area contributed by atoms with E-state index in [1.165, 1.54) is 12.1 Å². The first-order valence-electron chi connectivity index (χ1n) is 5.69. The number of nitro groups is 1. The van der Waals surface area contributed by atoms with Crippen LogP contribution in [0.25, 0.3) is 0 Å². The van der Waals surface area contributed by atoms with Gasteiger partial charge in [-0.15, -0.1) is 0 Å². The van der Waals surface area contributed by atoms with E-state index in [0.29, 0.717) is 12.1 Å². The molecule has 2 aromatic carbocycles. The molecule has 2 aromatic rings. The molecule has 0 saturated heterocycles. The normalized spacial score (nSPS) is 10.5. The summed E-state index contributed by atoms with van der Waals surface area (Å²) in [7, 11) is 0. The highest BCUT2D eigenvalue weighted by atomic mass is 35.5. The summed E-state index contributed by atoms with van der Waals surface area (Å²) in [6.45, 7) is -0.215. The van der Waals surface area contributed by atoms with Gasteiger partial charge in [-0.3, -0.25) is 10.1 Å². The highest BCUT2D eigenvalue weighted by molar-refractivity contribution is 6.30. The van der Waals surface area contributed by atoms with E-state index < -0.39 is 28.1 Å². The molecule has 0 radical (unpaired) electrons. The van der Waals surface area contributed by atoms with E-state index in [1.807, 2.05) is 0 Å². The largest absolute Gasteiger partial charge is 0.376 e. The SMILES string of the molecule is O=[N+]([O-])c1cc(Cl)ccc1CNc1c(F)cc(F)cc1F. The van der Waals surface area contributed by atoms with Crippen molar-refractivity contribution in [3.8, 4) is 0 Å². The van der Waals surface area contributed by atoms with Crippen molar-refractivity contribution in [1.82, 2.24) is 0 Å². The Labute approximate surface area is 122 Å². The maximum Gasteiger partial charge on any atom is 0.275 e. The molecule has 1 N–H and O–H groups in total. The third-order valence-electron chi connectivity index (χ3n) is 2.71. The van der Waals surface area contributed by atoms with Crippen LogP contribution in [-0.2, 0) is 6.54 Å². The zero-order valence-electron chi connectivity index (χ0n) is 10.4. The molecule has 0 atom stereocenters. The van der Waals surface area contributed by atoms with Crippen molar-refractivity contribution < 1.29 is 18.1 Å². The van der Waals surface area contributed by atoms with Gasteiger partial charge in [0, 0.05) is 35.3 Å². The Kier molecular flexibility index (Phi) is 4.32. The fraction of sp³-hybridized carbons (Fsp3) is 0.0769. The van der Waals surface area contributed by atoms with E-state index in [4.69, 9.17) is 11.6 Å². The average molecular weight is 317 g/mol. The molecule has 21 heavy (non-hydrogen) atoms. The molecule has 8 heteroatoms. The summed E-state index contributed by atoms with van der Waals surface area (Å²) in [5.41, 5.74) is -0.647. The number of hydrogen-bond donors (Lipinski definition) is 1. The number of nitro benzene ring substituents is 1. The molecule has 4 nitrogen and oxygen atoms in total. The predicted molar refractivity (Wildman–Crippen MR) is 71.7 cm³/mol. The molecule has 0 unspecified atom stereocenters. The van der Waals surface area contributed by atoms with Gasteiger partial charge in [0.2, 0.25) is 0 Å². The van der Waals surface area contributed by atoms with Crippen molar-refractivity contribution in [2.45, 2.75) is 6.54 Å². The van der Waals surface area contributed by atoms with Crippen molar-refractivity contribution in [3.63, 3.8) is 0 Å². The number of halogens is 4. The fourth-order valence-corrected chi connectivity index (χ4v) is 1.92. The van der Waals surface area contributed by atoms with Gasteiger partial charge in [0.25, 0.3) is 5.69 Å². The zero-order valence-corrected chi connectivity index (χ0v) is 11.1. The molecule has 0 aliphatic carbocycles. The molecular weight excluding hydrogens is 309 g/mol. The Balaban J connectivity index is 2.27. The lowest BCUT2D eigenvalue weighted by Crippen LogP contribution is -2.06. The van der Waals surface area contributed by atoms with Gasteiger partial charge in [-0.25, -0.2) is 13.2 Å². The molecule has 0 fully saturated rings. The molecule has 0 aliphatic rings. The standard InChI is InChI=1S/C13H8ClF3N2O2/c14-8-2-1-7(12(3-8)19(20)21)6-18-13-10(16)4-9(15)5-11(13)17/h1-5,18H,6H2. The van der Waals surface area contributed by atoms with E-state index in [1.54, 1.807) is 0 Å². The average Bonchev–Trinajstić information content (AvgIpc) is 2.38. The van der Waals surface area contributed by atoms with Crippen molar-refractivity contribution in [2.75, 3.05) is 5.32 Å². The lowest BCUT2D eigenvalue weighted by Gasteiger charge is -2.09. The Morgan fingerprint density at radius 2 is 1.76 bits per heavy atom. The first-order valence-corrected chi connectivity index (χ1v) is 6.07. The Hall–Kier alpha value is -2.28. The van der Waals surface area contributed by atoms with Gasteiger partial charge in [0.1, 0.15) is 11.5 Å². The summed E-state index contributed by atoms with van der Waals surface area (Å²) in [4.78, 5) is 10.2. The van der Waals surface area contributed by atoms with Crippen molar-refractivity contribution >= 4 is 23.0 Å². The van der Waals surface area contributed by atoms with Crippen molar-refractivity contribution in [1.29, 1.82) is 0 Å². The lowest BCUT2D eigenvalue weighted by molar-refractivity contribution is -0.385. The Bertz CT molecular complexity index is 687. The summed E-state index contributed by atoms with van der Waals surface area (Å²) in [6.07, 6.45) is 0. The molecule has 110 valence electrons. The first-order chi connectivity index (χ1) is 9.88. The van der Waals surface area contributed by atoms with E-state index in [2.05, 4.69) is 5.32 Å². The van der Waals surface area contributed by atoms with Crippen LogP contribution in [0.2, 0.25) is 5.02 Å². The summed E-state index contributed by atoms with van der Waals surface area (Å²) >= 11 is 5.66. The minimum absolute atomic E-state index is 0.171. The molecule has 2 rings (SSSR count). The van der Waals surface area contributed by atoms with Gasteiger partial charge in [0.15, 0.2) is 11.6 Å². The third-order valence-corrected chi connectivity index (χ3v) is 2.94. The van der Waals surface area contributed by atoms with Gasteiger partial charge in [-0.1, -0.05) is 11.6 Å². The van der Waals surface area contributed by atoms with Gasteiger partial charge in [0.05, 0.1) is 4.92 Å². The van der Waals surface area contributed by atoms with Crippen LogP contribution in [0.5, 0.6) is 0 Å². The summed E-state index contributed by atoms with van der Waals surface area (Å²) in [6, 6.07) is 4.95. The van der Waals surface area contributed by atoms with Crippen LogP contribution in [0.4, 0.5) is 24.5 Å². The predicted octanol–water partition coefficient (Wildman–Crippen LogP) is 4.28. The zero-order chi connectivity index (χ0) is 15.6. The molecule has 0 spiro atoms. The second kappa shape index (κ2) is 6.01. The molecular formula is C13H8ClF3N2O2. The highest BCUT2D eigenvalue weighted by Crippen LogP contribution is 2.26. The number of benzene rings is 2. The first kappa shape index (κ1) is 15.1. The number of nitrogens with one attached hydrogen (secondary N) is 1. The summed E-state index contributed by atoms with van der Waals surface area (Å²) in [5.74, 6) is -3.29. The highest BCUT2D eigenvalue weighted by Gasteiger charge is 2.16. The van der Waals surface area contributed by atoms with Crippen LogP contribution in [0, 0.1) is 27.6 Å². The summed E-state index contributed by atoms with van der Waals surface area (Å²) < 4.78 is 39.7. The van der Waals surface area contributed by atoms with Crippen molar-refractivity contribution in [3.05, 3.63) is 68.5 Å². The van der Waals surface area contributed by atoms with E-state index in [0.717, 1.165) is 6.07 Å². The molecule has 0 aliphatic heterocycles.